The third-order valence-electron chi connectivity index (χ3n) is 4.20. The molecular weight excluding hydrogens is 212 g/mol. The summed E-state index contributed by atoms with van der Waals surface area (Å²) in [6.07, 6.45) is 0.679. The van der Waals surface area contributed by atoms with E-state index < -0.39 is 0 Å². The molecule has 0 radical (unpaired) electrons. The summed E-state index contributed by atoms with van der Waals surface area (Å²) in [5.41, 5.74) is 3.40. The molecule has 1 aliphatic carbocycles. The van der Waals surface area contributed by atoms with Crippen LogP contribution in [0.2, 0.25) is 0 Å². The number of ketones is 1. The van der Waals surface area contributed by atoms with Crippen molar-refractivity contribution in [2.45, 2.75) is 59.9 Å². The minimum atomic E-state index is -0.208. The number of hydrogen-bond acceptors (Lipinski definition) is 2. The molecule has 1 aliphatic rings. The van der Waals surface area contributed by atoms with E-state index in [2.05, 4.69) is 51.3 Å². The maximum Gasteiger partial charge on any atom is 0.139 e. The van der Waals surface area contributed by atoms with Crippen molar-refractivity contribution in [1.82, 2.24) is 9.78 Å². The van der Waals surface area contributed by atoms with Gasteiger partial charge >= 0.3 is 0 Å². The average Bonchev–Trinajstić information content (AvgIpc) is 2.51. The fraction of sp³-hybridized carbons (Fsp3) is 0.714. The number of aromatic nitrogens is 2. The van der Waals surface area contributed by atoms with E-state index >= 15 is 0 Å². The van der Waals surface area contributed by atoms with E-state index in [0.29, 0.717) is 24.2 Å². The highest BCUT2D eigenvalue weighted by atomic mass is 16.1. The van der Waals surface area contributed by atoms with Crippen LogP contribution in [0.15, 0.2) is 0 Å². The van der Waals surface area contributed by atoms with Crippen LogP contribution >= 0.6 is 0 Å². The molecule has 1 heterocycles. The monoisotopic (exact) mass is 234 g/mol. The molecule has 0 amide bonds. The lowest BCUT2D eigenvalue weighted by atomic mass is 9.58. The van der Waals surface area contributed by atoms with Crippen molar-refractivity contribution in [3.8, 4) is 0 Å². The van der Waals surface area contributed by atoms with Gasteiger partial charge in [-0.2, -0.15) is 5.10 Å². The molecule has 0 aromatic carbocycles. The van der Waals surface area contributed by atoms with Gasteiger partial charge < -0.3 is 0 Å². The van der Waals surface area contributed by atoms with E-state index in [0.717, 1.165) is 5.69 Å². The first kappa shape index (κ1) is 12.3. The van der Waals surface area contributed by atoms with Gasteiger partial charge in [-0.15, -0.1) is 0 Å². The summed E-state index contributed by atoms with van der Waals surface area (Å²) in [6.45, 7) is 12.6. The summed E-state index contributed by atoms with van der Waals surface area (Å²) in [5.74, 6) is 0.723. The van der Waals surface area contributed by atoms with Crippen molar-refractivity contribution in [1.29, 1.82) is 0 Å². The summed E-state index contributed by atoms with van der Waals surface area (Å²) in [4.78, 5) is 11.7. The zero-order valence-electron chi connectivity index (χ0n) is 11.7. The molecule has 1 fully saturated rings. The predicted molar refractivity (Wildman–Crippen MR) is 68.2 cm³/mol. The summed E-state index contributed by atoms with van der Waals surface area (Å²) in [5, 5.41) is 4.61. The third-order valence-corrected chi connectivity index (χ3v) is 4.20. The number of Topliss-reactive ketones (excluding diaryl/α,β-unsaturated/α-hetero) is 1. The Labute approximate surface area is 103 Å². The predicted octanol–water partition coefficient (Wildman–Crippen LogP) is 3.16. The number of rotatable bonds is 2. The Hall–Kier alpha value is -1.12. The Morgan fingerprint density at radius 3 is 2.29 bits per heavy atom. The fourth-order valence-corrected chi connectivity index (χ4v) is 2.91. The molecule has 17 heavy (non-hydrogen) atoms. The zero-order valence-corrected chi connectivity index (χ0v) is 11.7. The van der Waals surface area contributed by atoms with Crippen LogP contribution in [-0.4, -0.2) is 15.6 Å². The first-order valence-electron chi connectivity index (χ1n) is 6.35. The Morgan fingerprint density at radius 1 is 1.35 bits per heavy atom. The van der Waals surface area contributed by atoms with Crippen molar-refractivity contribution < 1.29 is 4.79 Å². The zero-order chi connectivity index (χ0) is 13.0. The summed E-state index contributed by atoms with van der Waals surface area (Å²) in [6, 6.07) is 0.376. The number of aryl methyl sites for hydroxylation is 1. The molecule has 0 saturated heterocycles. The van der Waals surface area contributed by atoms with Crippen LogP contribution in [0.25, 0.3) is 0 Å². The van der Waals surface area contributed by atoms with E-state index in [4.69, 9.17) is 0 Å². The molecular formula is C14H22N2O. The van der Waals surface area contributed by atoms with Crippen molar-refractivity contribution in [2.24, 2.45) is 5.41 Å². The first-order chi connectivity index (χ1) is 7.76. The van der Waals surface area contributed by atoms with E-state index in [1.165, 1.54) is 11.3 Å². The lowest BCUT2D eigenvalue weighted by Gasteiger charge is -2.43. The van der Waals surface area contributed by atoms with E-state index in [9.17, 15) is 4.79 Å². The maximum absolute atomic E-state index is 11.7. The van der Waals surface area contributed by atoms with Gasteiger partial charge in [0, 0.05) is 35.1 Å². The lowest BCUT2D eigenvalue weighted by molar-refractivity contribution is -0.138. The highest BCUT2D eigenvalue weighted by Crippen LogP contribution is 2.51. The molecule has 1 saturated carbocycles. The largest absolute Gasteiger partial charge is 0.299 e. The molecule has 3 heteroatoms. The fourth-order valence-electron chi connectivity index (χ4n) is 2.91. The van der Waals surface area contributed by atoms with E-state index in [-0.39, 0.29) is 5.41 Å². The van der Waals surface area contributed by atoms with E-state index in [1.807, 2.05) is 0 Å². The van der Waals surface area contributed by atoms with Gasteiger partial charge in [-0.1, -0.05) is 13.8 Å². The van der Waals surface area contributed by atoms with E-state index in [1.54, 1.807) is 0 Å². The second-order valence-electron chi connectivity index (χ2n) is 6.02. The average molecular weight is 234 g/mol. The smallest absolute Gasteiger partial charge is 0.139 e. The highest BCUT2D eigenvalue weighted by Gasteiger charge is 2.49. The lowest BCUT2D eigenvalue weighted by Crippen LogP contribution is -2.43. The maximum atomic E-state index is 11.7. The van der Waals surface area contributed by atoms with Gasteiger partial charge in [0.25, 0.3) is 0 Å². The van der Waals surface area contributed by atoms with Crippen molar-refractivity contribution in [2.75, 3.05) is 0 Å². The topological polar surface area (TPSA) is 34.9 Å². The quantitative estimate of drug-likeness (QED) is 0.787. The minimum absolute atomic E-state index is 0.208. The Kier molecular flexibility index (Phi) is 2.68. The summed E-state index contributed by atoms with van der Waals surface area (Å²) < 4.78 is 2.07. The molecule has 94 valence electrons. The number of hydrogen-bond donors (Lipinski definition) is 0. The van der Waals surface area contributed by atoms with Crippen LogP contribution in [-0.2, 0) is 4.79 Å². The summed E-state index contributed by atoms with van der Waals surface area (Å²) in [7, 11) is 0. The first-order valence-corrected chi connectivity index (χ1v) is 6.35. The van der Waals surface area contributed by atoms with Crippen molar-refractivity contribution in [3.63, 3.8) is 0 Å². The molecule has 1 aromatic rings. The molecule has 0 bridgehead atoms. The van der Waals surface area contributed by atoms with Crippen LogP contribution < -0.4 is 0 Å². The molecule has 0 aliphatic heterocycles. The molecule has 2 rings (SSSR count). The Morgan fingerprint density at radius 2 is 1.94 bits per heavy atom. The van der Waals surface area contributed by atoms with Gasteiger partial charge in [0.2, 0.25) is 0 Å². The van der Waals surface area contributed by atoms with Crippen molar-refractivity contribution >= 4 is 5.78 Å². The second-order valence-corrected chi connectivity index (χ2v) is 6.02. The van der Waals surface area contributed by atoms with Crippen LogP contribution in [0.4, 0.5) is 0 Å². The molecule has 0 spiro atoms. The van der Waals surface area contributed by atoms with Crippen LogP contribution in [0.5, 0.6) is 0 Å². The number of nitrogens with zero attached hydrogens (tertiary/aromatic N) is 2. The molecule has 1 aromatic heterocycles. The standard InChI is InChI=1S/C14H22N2O/c1-8(2)16-10(4)13(9(3)15-16)11-7-12(17)14(11,5)6/h8,11H,7H2,1-6H3. The van der Waals surface area contributed by atoms with Gasteiger partial charge in [-0.3, -0.25) is 9.48 Å². The van der Waals surface area contributed by atoms with Gasteiger partial charge in [0.15, 0.2) is 0 Å². The highest BCUT2D eigenvalue weighted by molar-refractivity contribution is 5.92. The number of carbonyl (C=O) groups is 1. The van der Waals surface area contributed by atoms with Crippen LogP contribution in [0, 0.1) is 19.3 Å². The van der Waals surface area contributed by atoms with Gasteiger partial charge in [-0.25, -0.2) is 0 Å². The Bertz CT molecular complexity index is 469. The second kappa shape index (κ2) is 3.69. The molecule has 3 nitrogen and oxygen atoms in total. The van der Waals surface area contributed by atoms with Gasteiger partial charge in [0.05, 0.1) is 5.69 Å². The van der Waals surface area contributed by atoms with Crippen LogP contribution in [0.3, 0.4) is 0 Å². The van der Waals surface area contributed by atoms with Gasteiger partial charge in [0.1, 0.15) is 5.78 Å². The van der Waals surface area contributed by atoms with Gasteiger partial charge in [-0.05, 0) is 27.7 Å². The SMILES string of the molecule is Cc1nn(C(C)C)c(C)c1C1CC(=O)C1(C)C. The minimum Gasteiger partial charge on any atom is -0.299 e. The normalized spacial score (nSPS) is 23.0. The Balaban J connectivity index is 2.44. The number of carbonyl (C=O) groups excluding carboxylic acids is 1. The molecule has 1 atom stereocenters. The molecule has 1 unspecified atom stereocenters. The summed E-state index contributed by atoms with van der Waals surface area (Å²) >= 11 is 0. The van der Waals surface area contributed by atoms with Crippen molar-refractivity contribution in [3.05, 3.63) is 17.0 Å². The third kappa shape index (κ3) is 1.63. The van der Waals surface area contributed by atoms with Crippen LogP contribution in [0.1, 0.15) is 63.0 Å². The molecule has 0 N–H and O–H groups in total.